The quantitative estimate of drug-likeness (QED) is 0.409. The summed E-state index contributed by atoms with van der Waals surface area (Å²) in [5, 5.41) is 8.67. The molecule has 0 radical (unpaired) electrons. The van der Waals surface area contributed by atoms with Crippen LogP contribution in [0.4, 0.5) is 17.6 Å². The van der Waals surface area contributed by atoms with E-state index in [-0.39, 0.29) is 22.8 Å². The van der Waals surface area contributed by atoms with Crippen molar-refractivity contribution in [3.63, 3.8) is 0 Å². The van der Waals surface area contributed by atoms with Crippen molar-refractivity contribution in [3.05, 3.63) is 76.9 Å². The molecule has 0 aliphatic heterocycles. The molecule has 1 N–H and O–H groups in total. The molecule has 0 aliphatic carbocycles. The summed E-state index contributed by atoms with van der Waals surface area (Å²) in [6, 6.07) is 11.9. The number of hydrogen-bond donors (Lipinski definition) is 1. The maximum atomic E-state index is 13.0. The number of amides is 1. The Labute approximate surface area is 182 Å². The van der Waals surface area contributed by atoms with E-state index in [0.29, 0.717) is 13.0 Å². The van der Waals surface area contributed by atoms with Gasteiger partial charge in [-0.1, -0.05) is 17.3 Å². The molecule has 0 unspecified atom stereocenters. The van der Waals surface area contributed by atoms with Crippen LogP contribution in [0.25, 0.3) is 22.0 Å². The molecule has 0 spiro atoms. The molecule has 0 aliphatic rings. The number of aromatic nitrogens is 3. The number of alkyl halides is 3. The smallest absolute Gasteiger partial charge is 0.352 e. The van der Waals surface area contributed by atoms with Gasteiger partial charge in [-0.3, -0.25) is 4.79 Å². The normalized spacial score (nSPS) is 11.5. The SMILES string of the molecule is O=C(NCCc1csc(-c2ccc(F)cc2)n1)c1cccc(-c2noc(C(F)(F)F)n2)c1. The van der Waals surface area contributed by atoms with Crippen LogP contribution in [0.2, 0.25) is 0 Å². The Hall–Kier alpha value is -3.60. The van der Waals surface area contributed by atoms with E-state index in [0.717, 1.165) is 16.3 Å². The average molecular weight is 462 g/mol. The van der Waals surface area contributed by atoms with Crippen LogP contribution in [0.1, 0.15) is 21.9 Å². The fourth-order valence-electron chi connectivity index (χ4n) is 2.81. The lowest BCUT2D eigenvalue weighted by atomic mass is 10.1. The summed E-state index contributed by atoms with van der Waals surface area (Å²) in [7, 11) is 0. The largest absolute Gasteiger partial charge is 0.471 e. The average Bonchev–Trinajstić information content (AvgIpc) is 3.44. The third kappa shape index (κ3) is 4.99. The number of benzene rings is 2. The van der Waals surface area contributed by atoms with Crippen LogP contribution in [0.5, 0.6) is 0 Å². The molecule has 164 valence electrons. The van der Waals surface area contributed by atoms with Crippen LogP contribution in [0, 0.1) is 5.82 Å². The third-order valence-corrected chi connectivity index (χ3v) is 5.30. The van der Waals surface area contributed by atoms with Crippen LogP contribution in [0.15, 0.2) is 58.4 Å². The van der Waals surface area contributed by atoms with Crippen molar-refractivity contribution < 1.29 is 26.9 Å². The van der Waals surface area contributed by atoms with Gasteiger partial charge < -0.3 is 9.84 Å². The lowest BCUT2D eigenvalue weighted by molar-refractivity contribution is -0.159. The van der Waals surface area contributed by atoms with E-state index >= 15 is 0 Å². The van der Waals surface area contributed by atoms with Gasteiger partial charge in [0.25, 0.3) is 5.91 Å². The first-order valence-electron chi connectivity index (χ1n) is 9.29. The number of thiazole rings is 1. The zero-order valence-electron chi connectivity index (χ0n) is 16.2. The maximum absolute atomic E-state index is 13.0. The molecule has 1 amide bonds. The van der Waals surface area contributed by atoms with Gasteiger partial charge in [0, 0.05) is 35.0 Å². The standard InChI is InChI=1S/C21H14F4N4O2S/c22-15-6-4-12(5-7-15)19-27-16(11-32-19)8-9-26-18(30)14-3-1-2-13(10-14)17-28-20(31-29-17)21(23,24)25/h1-7,10-11H,8-9H2,(H,26,30). The van der Waals surface area contributed by atoms with Crippen LogP contribution < -0.4 is 5.32 Å². The maximum Gasteiger partial charge on any atom is 0.471 e. The molecule has 11 heteroatoms. The van der Waals surface area contributed by atoms with Gasteiger partial charge in [-0.05, 0) is 36.4 Å². The molecule has 2 aromatic carbocycles. The third-order valence-electron chi connectivity index (χ3n) is 4.36. The highest BCUT2D eigenvalue weighted by Crippen LogP contribution is 2.29. The molecule has 0 atom stereocenters. The first kappa shape index (κ1) is 21.6. The van der Waals surface area contributed by atoms with E-state index in [1.807, 2.05) is 5.38 Å². The van der Waals surface area contributed by atoms with Gasteiger partial charge in [-0.25, -0.2) is 9.37 Å². The summed E-state index contributed by atoms with van der Waals surface area (Å²) in [4.78, 5) is 20.2. The van der Waals surface area contributed by atoms with Crippen molar-refractivity contribution >= 4 is 17.2 Å². The second-order valence-corrected chi connectivity index (χ2v) is 7.52. The number of nitrogens with one attached hydrogen (secondary N) is 1. The van der Waals surface area contributed by atoms with Gasteiger partial charge in [0.1, 0.15) is 10.8 Å². The molecule has 0 saturated carbocycles. The van der Waals surface area contributed by atoms with Crippen molar-refractivity contribution in [2.45, 2.75) is 12.6 Å². The molecule has 6 nitrogen and oxygen atoms in total. The number of halogens is 4. The summed E-state index contributed by atoms with van der Waals surface area (Å²) < 4.78 is 55.2. The molecule has 2 aromatic heterocycles. The van der Waals surface area contributed by atoms with Crippen LogP contribution >= 0.6 is 11.3 Å². The Morgan fingerprint density at radius 3 is 2.56 bits per heavy atom. The van der Waals surface area contributed by atoms with Crippen molar-refractivity contribution in [3.8, 4) is 22.0 Å². The van der Waals surface area contributed by atoms with Gasteiger partial charge in [0.05, 0.1) is 5.69 Å². The summed E-state index contributed by atoms with van der Waals surface area (Å²) in [6.07, 6.45) is -4.27. The molecular weight excluding hydrogens is 448 g/mol. The summed E-state index contributed by atoms with van der Waals surface area (Å²) in [5.74, 6) is -2.44. The van der Waals surface area contributed by atoms with E-state index in [1.165, 1.54) is 47.7 Å². The van der Waals surface area contributed by atoms with Crippen molar-refractivity contribution in [1.82, 2.24) is 20.4 Å². The molecular formula is C21H14F4N4O2S. The Bertz CT molecular complexity index is 1240. The number of carbonyl (C=O) groups is 1. The molecule has 32 heavy (non-hydrogen) atoms. The molecule has 0 fully saturated rings. The van der Waals surface area contributed by atoms with Gasteiger partial charge in [0.2, 0.25) is 5.82 Å². The van der Waals surface area contributed by atoms with Crippen molar-refractivity contribution in [2.24, 2.45) is 0 Å². The minimum atomic E-state index is -4.74. The van der Waals surface area contributed by atoms with E-state index in [4.69, 9.17) is 0 Å². The fourth-order valence-corrected chi connectivity index (χ4v) is 3.67. The van der Waals surface area contributed by atoms with E-state index < -0.39 is 18.0 Å². The lowest BCUT2D eigenvalue weighted by Gasteiger charge is -2.05. The highest BCUT2D eigenvalue weighted by atomic mass is 32.1. The Kier molecular flexibility index (Phi) is 5.99. The predicted octanol–water partition coefficient (Wildman–Crippen LogP) is 4.99. The highest BCUT2D eigenvalue weighted by molar-refractivity contribution is 7.13. The zero-order chi connectivity index (χ0) is 22.7. The highest BCUT2D eigenvalue weighted by Gasteiger charge is 2.38. The first-order chi connectivity index (χ1) is 15.3. The predicted molar refractivity (Wildman–Crippen MR) is 108 cm³/mol. The molecule has 0 saturated heterocycles. The minimum absolute atomic E-state index is 0.223. The van der Waals surface area contributed by atoms with E-state index in [9.17, 15) is 22.4 Å². The van der Waals surface area contributed by atoms with E-state index in [2.05, 4.69) is 25.0 Å². The van der Waals surface area contributed by atoms with Crippen molar-refractivity contribution in [1.29, 1.82) is 0 Å². The summed E-state index contributed by atoms with van der Waals surface area (Å²) >= 11 is 1.42. The molecule has 4 aromatic rings. The molecule has 4 rings (SSSR count). The van der Waals surface area contributed by atoms with Gasteiger partial charge in [-0.2, -0.15) is 18.2 Å². The minimum Gasteiger partial charge on any atom is -0.352 e. The Morgan fingerprint density at radius 1 is 1.06 bits per heavy atom. The van der Waals surface area contributed by atoms with Crippen LogP contribution in [-0.2, 0) is 12.6 Å². The topological polar surface area (TPSA) is 80.9 Å². The van der Waals surface area contributed by atoms with Gasteiger partial charge in [-0.15, -0.1) is 11.3 Å². The fraction of sp³-hybridized carbons (Fsp3) is 0.143. The monoisotopic (exact) mass is 462 g/mol. The van der Waals surface area contributed by atoms with Gasteiger partial charge >= 0.3 is 12.1 Å². The summed E-state index contributed by atoms with van der Waals surface area (Å²) in [6.45, 7) is 0.302. The second kappa shape index (κ2) is 8.87. The number of nitrogens with zero attached hydrogens (tertiary/aromatic N) is 3. The second-order valence-electron chi connectivity index (χ2n) is 6.66. The Morgan fingerprint density at radius 2 is 1.84 bits per heavy atom. The molecule has 0 bridgehead atoms. The summed E-state index contributed by atoms with van der Waals surface area (Å²) in [5.41, 5.74) is 2.04. The number of hydrogen-bond acceptors (Lipinski definition) is 6. The zero-order valence-corrected chi connectivity index (χ0v) is 17.0. The van der Waals surface area contributed by atoms with Crippen LogP contribution in [0.3, 0.4) is 0 Å². The van der Waals surface area contributed by atoms with Gasteiger partial charge in [0.15, 0.2) is 0 Å². The Balaban J connectivity index is 1.36. The first-order valence-corrected chi connectivity index (χ1v) is 10.2. The number of carbonyl (C=O) groups excluding carboxylic acids is 1. The van der Waals surface area contributed by atoms with Crippen molar-refractivity contribution in [2.75, 3.05) is 6.54 Å². The van der Waals surface area contributed by atoms with E-state index in [1.54, 1.807) is 12.1 Å². The number of rotatable bonds is 6. The molecule has 2 heterocycles. The van der Waals surface area contributed by atoms with Crippen LogP contribution in [-0.4, -0.2) is 27.6 Å². The lowest BCUT2D eigenvalue weighted by Crippen LogP contribution is -2.25.